The van der Waals surface area contributed by atoms with Crippen LogP contribution in [0.4, 0.5) is 0 Å². The van der Waals surface area contributed by atoms with Crippen molar-refractivity contribution in [3.05, 3.63) is 47.3 Å². The number of aromatic nitrogens is 1. The van der Waals surface area contributed by atoms with E-state index in [0.717, 1.165) is 17.0 Å². The first-order chi connectivity index (χ1) is 8.72. The van der Waals surface area contributed by atoms with E-state index in [-0.39, 0.29) is 11.3 Å². The van der Waals surface area contributed by atoms with Crippen molar-refractivity contribution >= 4 is 23.4 Å². The Morgan fingerprint density at radius 3 is 2.83 bits per heavy atom. The summed E-state index contributed by atoms with van der Waals surface area (Å²) in [5.41, 5.74) is 7.21. The van der Waals surface area contributed by atoms with Crippen molar-refractivity contribution in [3.63, 3.8) is 0 Å². The predicted molar refractivity (Wildman–Crippen MR) is 74.8 cm³/mol. The highest BCUT2D eigenvalue weighted by Gasteiger charge is 2.23. The smallest absolute Gasteiger partial charge is 0.256 e. The molecule has 2 aromatic rings. The van der Waals surface area contributed by atoms with E-state index in [4.69, 9.17) is 21.8 Å². The standard InChI is InChI=1S/C13H15ClN2OS/c1-2-11(15)12(18-13-16-7-8-17-13)9-5-3-4-6-10(9)14/h3-8,11-12H,2,15H2,1H3. The van der Waals surface area contributed by atoms with Gasteiger partial charge in [0.05, 0.1) is 11.4 Å². The minimum absolute atomic E-state index is 0.00167. The molecule has 1 aromatic heterocycles. The Balaban J connectivity index is 2.28. The Bertz CT molecular complexity index is 489. The van der Waals surface area contributed by atoms with Gasteiger partial charge in [0.25, 0.3) is 5.22 Å². The molecule has 2 N–H and O–H groups in total. The van der Waals surface area contributed by atoms with Crippen molar-refractivity contribution < 1.29 is 4.42 Å². The fourth-order valence-corrected chi connectivity index (χ4v) is 3.15. The van der Waals surface area contributed by atoms with E-state index in [1.807, 2.05) is 24.3 Å². The van der Waals surface area contributed by atoms with Gasteiger partial charge in [-0.05, 0) is 18.1 Å². The highest BCUT2D eigenvalue weighted by Crippen LogP contribution is 2.40. The molecule has 3 nitrogen and oxygen atoms in total. The summed E-state index contributed by atoms with van der Waals surface area (Å²) >= 11 is 7.75. The lowest BCUT2D eigenvalue weighted by Gasteiger charge is -2.22. The molecule has 0 aliphatic rings. The van der Waals surface area contributed by atoms with Crippen LogP contribution in [-0.2, 0) is 0 Å². The third kappa shape index (κ3) is 3.07. The van der Waals surface area contributed by atoms with Gasteiger partial charge < -0.3 is 10.2 Å². The summed E-state index contributed by atoms with van der Waals surface area (Å²) in [7, 11) is 0. The summed E-state index contributed by atoms with van der Waals surface area (Å²) in [4.78, 5) is 4.13. The number of hydrogen-bond acceptors (Lipinski definition) is 4. The van der Waals surface area contributed by atoms with Crippen LogP contribution in [0.15, 0.2) is 46.4 Å². The Morgan fingerprint density at radius 2 is 2.22 bits per heavy atom. The van der Waals surface area contributed by atoms with Crippen molar-refractivity contribution in [1.82, 2.24) is 4.98 Å². The van der Waals surface area contributed by atoms with E-state index in [0.29, 0.717) is 5.22 Å². The Labute approximate surface area is 116 Å². The van der Waals surface area contributed by atoms with Crippen LogP contribution in [0.1, 0.15) is 24.2 Å². The maximum Gasteiger partial charge on any atom is 0.256 e. The van der Waals surface area contributed by atoms with E-state index < -0.39 is 0 Å². The van der Waals surface area contributed by atoms with Crippen LogP contribution >= 0.6 is 23.4 Å². The molecule has 0 aliphatic heterocycles. The van der Waals surface area contributed by atoms with Crippen molar-refractivity contribution in [1.29, 1.82) is 0 Å². The van der Waals surface area contributed by atoms with Gasteiger partial charge in [0, 0.05) is 11.1 Å². The topological polar surface area (TPSA) is 52.0 Å². The van der Waals surface area contributed by atoms with Crippen molar-refractivity contribution in [3.8, 4) is 0 Å². The third-order valence-corrected chi connectivity index (χ3v) is 4.31. The molecule has 96 valence electrons. The van der Waals surface area contributed by atoms with E-state index >= 15 is 0 Å². The van der Waals surface area contributed by atoms with Crippen LogP contribution in [-0.4, -0.2) is 11.0 Å². The fourth-order valence-electron chi connectivity index (χ4n) is 1.68. The predicted octanol–water partition coefficient (Wildman–Crippen LogP) is 3.90. The minimum Gasteiger partial charge on any atom is -0.440 e. The SMILES string of the molecule is CCC(N)C(Sc1ncco1)c1ccccc1Cl. The number of nitrogens with zero attached hydrogens (tertiary/aromatic N) is 1. The number of oxazole rings is 1. The van der Waals surface area contributed by atoms with Gasteiger partial charge in [0.1, 0.15) is 6.26 Å². The maximum absolute atomic E-state index is 6.24. The number of benzene rings is 1. The van der Waals surface area contributed by atoms with Gasteiger partial charge in [-0.25, -0.2) is 4.98 Å². The van der Waals surface area contributed by atoms with E-state index in [9.17, 15) is 0 Å². The van der Waals surface area contributed by atoms with Crippen LogP contribution in [0.5, 0.6) is 0 Å². The van der Waals surface area contributed by atoms with Gasteiger partial charge in [-0.3, -0.25) is 0 Å². The summed E-state index contributed by atoms with van der Waals surface area (Å²) in [5, 5.41) is 1.39. The maximum atomic E-state index is 6.24. The number of thioether (sulfide) groups is 1. The second-order valence-electron chi connectivity index (χ2n) is 3.93. The first-order valence-electron chi connectivity index (χ1n) is 5.78. The molecule has 0 saturated heterocycles. The molecule has 0 spiro atoms. The molecule has 0 amide bonds. The number of rotatable bonds is 5. The monoisotopic (exact) mass is 282 g/mol. The summed E-state index contributed by atoms with van der Waals surface area (Å²) in [5.74, 6) is 0. The molecule has 0 saturated carbocycles. The van der Waals surface area contributed by atoms with Crippen LogP contribution < -0.4 is 5.73 Å². The molecule has 0 fully saturated rings. The molecular weight excluding hydrogens is 268 g/mol. The lowest BCUT2D eigenvalue weighted by molar-refractivity contribution is 0.451. The summed E-state index contributed by atoms with van der Waals surface area (Å²) < 4.78 is 5.27. The Morgan fingerprint density at radius 1 is 1.44 bits per heavy atom. The normalized spacial score (nSPS) is 14.4. The molecule has 0 aliphatic carbocycles. The van der Waals surface area contributed by atoms with E-state index in [1.54, 1.807) is 12.5 Å². The highest BCUT2D eigenvalue weighted by molar-refractivity contribution is 7.99. The van der Waals surface area contributed by atoms with E-state index in [2.05, 4.69) is 11.9 Å². The average molecular weight is 283 g/mol. The molecule has 2 unspecified atom stereocenters. The largest absolute Gasteiger partial charge is 0.440 e. The molecule has 0 radical (unpaired) electrons. The zero-order chi connectivity index (χ0) is 13.0. The van der Waals surface area contributed by atoms with Crippen LogP contribution in [0.2, 0.25) is 5.02 Å². The van der Waals surface area contributed by atoms with Crippen molar-refractivity contribution in [2.45, 2.75) is 29.9 Å². The highest BCUT2D eigenvalue weighted by atomic mass is 35.5. The van der Waals surface area contributed by atoms with Gasteiger partial charge in [-0.2, -0.15) is 0 Å². The van der Waals surface area contributed by atoms with E-state index in [1.165, 1.54) is 11.8 Å². The first-order valence-corrected chi connectivity index (χ1v) is 7.04. The first kappa shape index (κ1) is 13.5. The van der Waals surface area contributed by atoms with Gasteiger partial charge in [-0.1, -0.05) is 48.5 Å². The lowest BCUT2D eigenvalue weighted by Crippen LogP contribution is -2.25. The molecule has 2 atom stereocenters. The van der Waals surface area contributed by atoms with Gasteiger partial charge in [0.15, 0.2) is 0 Å². The number of nitrogens with two attached hydrogens (primary N) is 1. The zero-order valence-corrected chi connectivity index (χ0v) is 11.6. The van der Waals surface area contributed by atoms with Gasteiger partial charge in [0.2, 0.25) is 0 Å². The molecule has 5 heteroatoms. The summed E-state index contributed by atoms with van der Waals surface area (Å²) in [6.45, 7) is 2.06. The number of halogens is 1. The molecule has 2 rings (SSSR count). The molecule has 0 bridgehead atoms. The Hall–Kier alpha value is -0.970. The second-order valence-corrected chi connectivity index (χ2v) is 5.43. The third-order valence-electron chi connectivity index (χ3n) is 2.71. The van der Waals surface area contributed by atoms with Crippen molar-refractivity contribution in [2.24, 2.45) is 5.73 Å². The summed E-state index contributed by atoms with van der Waals surface area (Å²) in [6.07, 6.45) is 4.05. The Kier molecular flexibility index (Phi) is 4.69. The quantitative estimate of drug-likeness (QED) is 0.845. The zero-order valence-electron chi connectivity index (χ0n) is 10.0. The van der Waals surface area contributed by atoms with Crippen LogP contribution in [0.3, 0.4) is 0 Å². The average Bonchev–Trinajstić information content (AvgIpc) is 2.89. The van der Waals surface area contributed by atoms with Crippen LogP contribution in [0, 0.1) is 0 Å². The lowest BCUT2D eigenvalue weighted by atomic mass is 10.0. The van der Waals surface area contributed by atoms with Gasteiger partial charge in [-0.15, -0.1) is 0 Å². The van der Waals surface area contributed by atoms with Crippen molar-refractivity contribution in [2.75, 3.05) is 0 Å². The van der Waals surface area contributed by atoms with Gasteiger partial charge >= 0.3 is 0 Å². The molecule has 1 aromatic carbocycles. The fraction of sp³-hybridized carbons (Fsp3) is 0.308. The molecule has 18 heavy (non-hydrogen) atoms. The minimum atomic E-state index is 0.00167. The molecular formula is C13H15ClN2OS. The van der Waals surface area contributed by atoms with Crippen LogP contribution in [0.25, 0.3) is 0 Å². The number of hydrogen-bond donors (Lipinski definition) is 1. The molecule has 1 heterocycles. The second kappa shape index (κ2) is 6.27. The summed E-state index contributed by atoms with van der Waals surface area (Å²) in [6, 6.07) is 7.76.